The van der Waals surface area contributed by atoms with Crippen LogP contribution in [0.25, 0.3) is 0 Å². The molecule has 0 aliphatic carbocycles. The SMILES string of the molecule is CC(=O)Nc1ccc(CNC(C)(C)C(C)O)cc1. The van der Waals surface area contributed by atoms with Crippen molar-refractivity contribution in [3.63, 3.8) is 0 Å². The maximum Gasteiger partial charge on any atom is 0.221 e. The zero-order valence-corrected chi connectivity index (χ0v) is 11.4. The Hall–Kier alpha value is -1.39. The van der Waals surface area contributed by atoms with Crippen molar-refractivity contribution in [1.82, 2.24) is 5.32 Å². The Labute approximate surface area is 108 Å². The molecule has 4 nitrogen and oxygen atoms in total. The van der Waals surface area contributed by atoms with E-state index in [-0.39, 0.29) is 11.4 Å². The summed E-state index contributed by atoms with van der Waals surface area (Å²) in [5, 5.41) is 15.6. The third kappa shape index (κ3) is 4.47. The molecule has 0 aromatic heterocycles. The van der Waals surface area contributed by atoms with Crippen molar-refractivity contribution in [2.24, 2.45) is 0 Å². The molecule has 3 N–H and O–H groups in total. The first-order valence-corrected chi connectivity index (χ1v) is 6.11. The number of carbonyl (C=O) groups excluding carboxylic acids is 1. The van der Waals surface area contributed by atoms with Crippen molar-refractivity contribution in [2.75, 3.05) is 5.32 Å². The lowest BCUT2D eigenvalue weighted by Gasteiger charge is -2.29. The Morgan fingerprint density at radius 1 is 1.33 bits per heavy atom. The Morgan fingerprint density at radius 3 is 2.33 bits per heavy atom. The molecule has 1 aromatic rings. The monoisotopic (exact) mass is 250 g/mol. The summed E-state index contributed by atoms with van der Waals surface area (Å²) in [6.07, 6.45) is -0.420. The van der Waals surface area contributed by atoms with Gasteiger partial charge in [0.25, 0.3) is 0 Å². The number of nitrogens with one attached hydrogen (secondary N) is 2. The molecule has 1 amide bonds. The van der Waals surface area contributed by atoms with E-state index >= 15 is 0 Å². The van der Waals surface area contributed by atoms with Crippen LogP contribution in [0.3, 0.4) is 0 Å². The molecule has 0 saturated carbocycles. The third-order valence-corrected chi connectivity index (χ3v) is 3.07. The summed E-state index contributed by atoms with van der Waals surface area (Å²) in [6.45, 7) is 7.86. The number of anilines is 1. The summed E-state index contributed by atoms with van der Waals surface area (Å²) in [4.78, 5) is 10.9. The van der Waals surface area contributed by atoms with Crippen LogP contribution in [0.5, 0.6) is 0 Å². The maximum absolute atomic E-state index is 10.9. The van der Waals surface area contributed by atoms with E-state index in [0.29, 0.717) is 6.54 Å². The zero-order chi connectivity index (χ0) is 13.8. The summed E-state index contributed by atoms with van der Waals surface area (Å²) in [7, 11) is 0. The number of aliphatic hydroxyl groups is 1. The smallest absolute Gasteiger partial charge is 0.221 e. The number of hydrogen-bond donors (Lipinski definition) is 3. The molecule has 1 aromatic carbocycles. The average molecular weight is 250 g/mol. The highest BCUT2D eigenvalue weighted by molar-refractivity contribution is 5.88. The number of carbonyl (C=O) groups is 1. The van der Waals surface area contributed by atoms with Gasteiger partial charge in [0, 0.05) is 24.7 Å². The predicted molar refractivity (Wildman–Crippen MR) is 73.3 cm³/mol. The van der Waals surface area contributed by atoms with E-state index in [1.165, 1.54) is 6.92 Å². The second-order valence-corrected chi connectivity index (χ2v) is 5.13. The number of rotatable bonds is 5. The van der Waals surface area contributed by atoms with Crippen molar-refractivity contribution in [3.8, 4) is 0 Å². The standard InChI is InChI=1S/C14H22N2O2/c1-10(17)14(3,4)15-9-12-5-7-13(8-6-12)16-11(2)18/h5-8,10,15,17H,9H2,1-4H3,(H,16,18). The molecule has 0 fully saturated rings. The summed E-state index contributed by atoms with van der Waals surface area (Å²) in [6, 6.07) is 7.65. The van der Waals surface area contributed by atoms with E-state index in [2.05, 4.69) is 10.6 Å². The molecule has 1 rings (SSSR count). The van der Waals surface area contributed by atoms with E-state index < -0.39 is 6.10 Å². The van der Waals surface area contributed by atoms with Crippen LogP contribution >= 0.6 is 0 Å². The summed E-state index contributed by atoms with van der Waals surface area (Å²) >= 11 is 0. The highest BCUT2D eigenvalue weighted by Crippen LogP contribution is 2.12. The van der Waals surface area contributed by atoms with Gasteiger partial charge in [-0.25, -0.2) is 0 Å². The molecule has 100 valence electrons. The lowest BCUT2D eigenvalue weighted by atomic mass is 9.98. The normalized spacial score (nSPS) is 13.2. The van der Waals surface area contributed by atoms with Gasteiger partial charge in [0.1, 0.15) is 0 Å². The van der Waals surface area contributed by atoms with Crippen molar-refractivity contribution in [3.05, 3.63) is 29.8 Å². The van der Waals surface area contributed by atoms with E-state index in [1.54, 1.807) is 6.92 Å². The highest BCUT2D eigenvalue weighted by atomic mass is 16.3. The Morgan fingerprint density at radius 2 is 1.89 bits per heavy atom. The predicted octanol–water partition coefficient (Wildman–Crippen LogP) is 1.89. The fourth-order valence-corrected chi connectivity index (χ4v) is 1.39. The van der Waals surface area contributed by atoms with Crippen LogP contribution in [0.1, 0.15) is 33.3 Å². The van der Waals surface area contributed by atoms with Crippen LogP contribution in [-0.2, 0) is 11.3 Å². The number of hydrogen-bond acceptors (Lipinski definition) is 3. The molecule has 18 heavy (non-hydrogen) atoms. The minimum absolute atomic E-state index is 0.0730. The number of aliphatic hydroxyl groups excluding tert-OH is 1. The molecule has 1 unspecified atom stereocenters. The van der Waals surface area contributed by atoms with E-state index in [4.69, 9.17) is 0 Å². The van der Waals surface area contributed by atoms with E-state index in [0.717, 1.165) is 11.3 Å². The quantitative estimate of drug-likeness (QED) is 0.748. The average Bonchev–Trinajstić information content (AvgIpc) is 2.27. The number of amides is 1. The zero-order valence-electron chi connectivity index (χ0n) is 11.4. The van der Waals surface area contributed by atoms with Crippen LogP contribution < -0.4 is 10.6 Å². The van der Waals surface area contributed by atoms with Crippen molar-refractivity contribution >= 4 is 11.6 Å². The van der Waals surface area contributed by atoms with E-state index in [9.17, 15) is 9.90 Å². The van der Waals surface area contributed by atoms with Gasteiger partial charge in [0.05, 0.1) is 6.10 Å². The minimum Gasteiger partial charge on any atom is -0.392 e. The lowest BCUT2D eigenvalue weighted by Crippen LogP contribution is -2.47. The van der Waals surface area contributed by atoms with Crippen LogP contribution in [-0.4, -0.2) is 22.7 Å². The fourth-order valence-electron chi connectivity index (χ4n) is 1.39. The summed E-state index contributed by atoms with van der Waals surface area (Å²) < 4.78 is 0. The molecular weight excluding hydrogens is 228 g/mol. The van der Waals surface area contributed by atoms with Gasteiger partial charge in [-0.15, -0.1) is 0 Å². The molecule has 4 heteroatoms. The van der Waals surface area contributed by atoms with E-state index in [1.807, 2.05) is 38.1 Å². The maximum atomic E-state index is 10.9. The Bertz CT molecular complexity index is 397. The van der Waals surface area contributed by atoms with Gasteiger partial charge in [-0.1, -0.05) is 12.1 Å². The first-order valence-electron chi connectivity index (χ1n) is 6.11. The van der Waals surface area contributed by atoms with Crippen molar-refractivity contribution in [1.29, 1.82) is 0 Å². The van der Waals surface area contributed by atoms with Gasteiger partial charge < -0.3 is 15.7 Å². The second-order valence-electron chi connectivity index (χ2n) is 5.13. The molecule has 0 aliphatic rings. The first kappa shape index (κ1) is 14.7. The highest BCUT2D eigenvalue weighted by Gasteiger charge is 2.22. The lowest BCUT2D eigenvalue weighted by molar-refractivity contribution is -0.114. The van der Waals surface area contributed by atoms with Gasteiger partial charge in [-0.3, -0.25) is 4.79 Å². The second kappa shape index (κ2) is 5.98. The molecule has 1 atom stereocenters. The van der Waals surface area contributed by atoms with Gasteiger partial charge in [-0.2, -0.15) is 0 Å². The van der Waals surface area contributed by atoms with Crippen molar-refractivity contribution in [2.45, 2.75) is 45.9 Å². The van der Waals surface area contributed by atoms with Gasteiger partial charge in [-0.05, 0) is 38.5 Å². The minimum atomic E-state index is -0.420. The molecular formula is C14H22N2O2. The van der Waals surface area contributed by atoms with Gasteiger partial charge in [0.2, 0.25) is 5.91 Å². The molecule has 0 saturated heterocycles. The van der Waals surface area contributed by atoms with Crippen LogP contribution in [0, 0.1) is 0 Å². The Kier molecular flexibility index (Phi) is 4.87. The van der Waals surface area contributed by atoms with Gasteiger partial charge in [0.15, 0.2) is 0 Å². The first-order chi connectivity index (χ1) is 8.31. The largest absolute Gasteiger partial charge is 0.392 e. The molecule has 0 radical (unpaired) electrons. The number of benzene rings is 1. The van der Waals surface area contributed by atoms with Crippen LogP contribution in [0.4, 0.5) is 5.69 Å². The van der Waals surface area contributed by atoms with Crippen molar-refractivity contribution < 1.29 is 9.90 Å². The molecule has 0 spiro atoms. The summed E-state index contributed by atoms with van der Waals surface area (Å²) in [5.41, 5.74) is 1.58. The van der Waals surface area contributed by atoms with Crippen LogP contribution in [0.15, 0.2) is 24.3 Å². The van der Waals surface area contributed by atoms with Crippen LogP contribution in [0.2, 0.25) is 0 Å². The van der Waals surface area contributed by atoms with Gasteiger partial charge >= 0.3 is 0 Å². The molecule has 0 bridgehead atoms. The molecule has 0 aliphatic heterocycles. The molecule has 0 heterocycles. The summed E-state index contributed by atoms with van der Waals surface area (Å²) in [5.74, 6) is -0.0730. The third-order valence-electron chi connectivity index (χ3n) is 3.07. The topological polar surface area (TPSA) is 61.4 Å². The fraction of sp³-hybridized carbons (Fsp3) is 0.500. The Balaban J connectivity index is 2.56.